The van der Waals surface area contributed by atoms with Crippen molar-refractivity contribution in [2.24, 2.45) is 0 Å². The third-order valence-electron chi connectivity index (χ3n) is 3.37. The Labute approximate surface area is 127 Å². The first-order valence-corrected chi connectivity index (χ1v) is 6.93. The minimum Gasteiger partial charge on any atom is -0.502 e. The van der Waals surface area contributed by atoms with Crippen molar-refractivity contribution in [1.82, 2.24) is 0 Å². The SMILES string of the molecule is O=c1ccoc(CNc2ccc(-c3ccccc3)cc2)c1O. The maximum atomic E-state index is 11.3. The van der Waals surface area contributed by atoms with E-state index in [1.54, 1.807) is 0 Å². The Balaban J connectivity index is 1.72. The van der Waals surface area contributed by atoms with Gasteiger partial charge in [-0.3, -0.25) is 4.79 Å². The van der Waals surface area contributed by atoms with Crippen LogP contribution in [0.1, 0.15) is 5.76 Å². The molecule has 3 aromatic rings. The van der Waals surface area contributed by atoms with E-state index in [9.17, 15) is 9.90 Å². The molecule has 0 amide bonds. The van der Waals surface area contributed by atoms with Gasteiger partial charge in [0.15, 0.2) is 5.76 Å². The molecule has 1 heterocycles. The summed E-state index contributed by atoms with van der Waals surface area (Å²) in [4.78, 5) is 11.3. The Morgan fingerprint density at radius 2 is 1.59 bits per heavy atom. The molecule has 0 saturated carbocycles. The van der Waals surface area contributed by atoms with Gasteiger partial charge in [0.25, 0.3) is 0 Å². The van der Waals surface area contributed by atoms with E-state index in [2.05, 4.69) is 17.4 Å². The van der Waals surface area contributed by atoms with Crippen molar-refractivity contribution in [3.63, 3.8) is 0 Å². The lowest BCUT2D eigenvalue weighted by Crippen LogP contribution is -2.05. The van der Waals surface area contributed by atoms with Crippen LogP contribution in [0.4, 0.5) is 5.69 Å². The fraction of sp³-hybridized carbons (Fsp3) is 0.0556. The van der Waals surface area contributed by atoms with Crippen molar-refractivity contribution < 1.29 is 9.52 Å². The maximum absolute atomic E-state index is 11.3. The molecule has 2 aromatic carbocycles. The first-order valence-electron chi connectivity index (χ1n) is 6.93. The maximum Gasteiger partial charge on any atom is 0.226 e. The van der Waals surface area contributed by atoms with Crippen LogP contribution in [0.5, 0.6) is 5.75 Å². The van der Waals surface area contributed by atoms with Crippen molar-refractivity contribution in [3.8, 4) is 16.9 Å². The lowest BCUT2D eigenvalue weighted by atomic mass is 10.1. The highest BCUT2D eigenvalue weighted by Crippen LogP contribution is 2.21. The highest BCUT2D eigenvalue weighted by atomic mass is 16.4. The van der Waals surface area contributed by atoms with Crippen molar-refractivity contribution >= 4 is 5.69 Å². The fourth-order valence-corrected chi connectivity index (χ4v) is 2.17. The topological polar surface area (TPSA) is 62.5 Å². The van der Waals surface area contributed by atoms with Gasteiger partial charge in [0.1, 0.15) is 0 Å². The first kappa shape index (κ1) is 13.9. The minimum absolute atomic E-state index is 0.222. The van der Waals surface area contributed by atoms with E-state index in [-0.39, 0.29) is 18.1 Å². The average molecular weight is 293 g/mol. The predicted molar refractivity (Wildman–Crippen MR) is 85.8 cm³/mol. The van der Waals surface area contributed by atoms with Crippen molar-refractivity contribution in [3.05, 3.63) is 82.9 Å². The van der Waals surface area contributed by atoms with Gasteiger partial charge in [-0.15, -0.1) is 0 Å². The zero-order valence-electron chi connectivity index (χ0n) is 11.8. The summed E-state index contributed by atoms with van der Waals surface area (Å²) in [5.74, 6) is -0.129. The number of hydrogen-bond acceptors (Lipinski definition) is 4. The normalized spacial score (nSPS) is 10.4. The molecule has 110 valence electrons. The van der Waals surface area contributed by atoms with E-state index in [0.717, 1.165) is 16.8 Å². The second-order valence-corrected chi connectivity index (χ2v) is 4.85. The summed E-state index contributed by atoms with van der Waals surface area (Å²) in [5.41, 5.74) is 2.72. The minimum atomic E-state index is -0.442. The first-order chi connectivity index (χ1) is 10.7. The van der Waals surface area contributed by atoms with Crippen molar-refractivity contribution in [1.29, 1.82) is 0 Å². The van der Waals surface area contributed by atoms with Gasteiger partial charge in [-0.1, -0.05) is 42.5 Å². The van der Waals surface area contributed by atoms with E-state index in [1.165, 1.54) is 12.3 Å². The molecule has 3 rings (SSSR count). The lowest BCUT2D eigenvalue weighted by molar-refractivity contribution is 0.403. The van der Waals surface area contributed by atoms with E-state index in [0.29, 0.717) is 0 Å². The predicted octanol–water partition coefficient (Wildman–Crippen LogP) is 3.62. The molecule has 4 nitrogen and oxygen atoms in total. The molecule has 0 unspecified atom stereocenters. The Kier molecular flexibility index (Phi) is 3.92. The van der Waals surface area contributed by atoms with Gasteiger partial charge in [0.2, 0.25) is 11.2 Å². The summed E-state index contributed by atoms with van der Waals surface area (Å²) in [6.07, 6.45) is 1.28. The van der Waals surface area contributed by atoms with Crippen LogP contribution in [0, 0.1) is 0 Å². The van der Waals surface area contributed by atoms with Crippen LogP contribution in [-0.4, -0.2) is 5.11 Å². The van der Waals surface area contributed by atoms with E-state index < -0.39 is 5.43 Å². The lowest BCUT2D eigenvalue weighted by Gasteiger charge is -2.08. The van der Waals surface area contributed by atoms with Crippen LogP contribution in [0.2, 0.25) is 0 Å². The standard InChI is InChI=1S/C18H15NO3/c20-16-10-11-22-17(18(16)21)12-19-15-8-6-14(7-9-15)13-4-2-1-3-5-13/h1-11,19,21H,12H2. The Morgan fingerprint density at radius 3 is 2.32 bits per heavy atom. The van der Waals surface area contributed by atoms with Crippen LogP contribution in [0.3, 0.4) is 0 Å². The molecule has 1 aromatic heterocycles. The third kappa shape index (κ3) is 3.01. The summed E-state index contributed by atoms with van der Waals surface area (Å²) < 4.78 is 5.14. The molecule has 4 heteroatoms. The van der Waals surface area contributed by atoms with Crippen LogP contribution in [0.25, 0.3) is 11.1 Å². The number of hydrogen-bond donors (Lipinski definition) is 2. The highest BCUT2D eigenvalue weighted by Gasteiger charge is 2.07. The molecule has 0 aliphatic carbocycles. The molecular formula is C18H15NO3. The molecule has 0 saturated heterocycles. The molecule has 0 aliphatic rings. The summed E-state index contributed by atoms with van der Waals surface area (Å²) >= 11 is 0. The Morgan fingerprint density at radius 1 is 0.909 bits per heavy atom. The molecule has 0 bridgehead atoms. The number of anilines is 1. The fourth-order valence-electron chi connectivity index (χ4n) is 2.17. The van der Waals surface area contributed by atoms with E-state index in [4.69, 9.17) is 4.42 Å². The molecule has 22 heavy (non-hydrogen) atoms. The molecule has 0 fully saturated rings. The Hall–Kier alpha value is -3.01. The second-order valence-electron chi connectivity index (χ2n) is 4.85. The molecule has 2 N–H and O–H groups in total. The van der Waals surface area contributed by atoms with Crippen LogP contribution in [-0.2, 0) is 6.54 Å². The number of rotatable bonds is 4. The number of nitrogens with one attached hydrogen (secondary N) is 1. The molecule has 0 atom stereocenters. The quantitative estimate of drug-likeness (QED) is 0.771. The van der Waals surface area contributed by atoms with Crippen LogP contribution in [0.15, 0.2) is 76.1 Å². The van der Waals surface area contributed by atoms with Crippen molar-refractivity contribution in [2.45, 2.75) is 6.54 Å². The summed E-state index contributed by atoms with van der Waals surface area (Å²) in [7, 11) is 0. The second kappa shape index (κ2) is 6.18. The van der Waals surface area contributed by atoms with Gasteiger partial charge in [0.05, 0.1) is 12.8 Å². The Bertz CT molecular complexity index is 808. The van der Waals surface area contributed by atoms with Gasteiger partial charge >= 0.3 is 0 Å². The van der Waals surface area contributed by atoms with Crippen LogP contribution < -0.4 is 10.7 Å². The smallest absolute Gasteiger partial charge is 0.226 e. The molecular weight excluding hydrogens is 278 g/mol. The monoisotopic (exact) mass is 293 g/mol. The zero-order valence-corrected chi connectivity index (χ0v) is 11.8. The van der Waals surface area contributed by atoms with E-state index in [1.807, 2.05) is 42.5 Å². The van der Waals surface area contributed by atoms with Crippen LogP contribution >= 0.6 is 0 Å². The van der Waals surface area contributed by atoms with Gasteiger partial charge < -0.3 is 14.8 Å². The van der Waals surface area contributed by atoms with E-state index >= 15 is 0 Å². The third-order valence-corrected chi connectivity index (χ3v) is 3.37. The van der Waals surface area contributed by atoms with Gasteiger partial charge in [-0.2, -0.15) is 0 Å². The average Bonchev–Trinajstić information content (AvgIpc) is 2.57. The van der Waals surface area contributed by atoms with Gasteiger partial charge in [0, 0.05) is 11.8 Å². The molecule has 0 spiro atoms. The molecule has 0 aliphatic heterocycles. The molecule has 0 radical (unpaired) electrons. The summed E-state index contributed by atoms with van der Waals surface area (Å²) in [6, 6.07) is 19.2. The summed E-state index contributed by atoms with van der Waals surface area (Å²) in [6.45, 7) is 0.243. The zero-order chi connectivity index (χ0) is 15.4. The number of aromatic hydroxyl groups is 1. The highest BCUT2D eigenvalue weighted by molar-refractivity contribution is 5.65. The van der Waals surface area contributed by atoms with Crippen molar-refractivity contribution in [2.75, 3.05) is 5.32 Å². The van der Waals surface area contributed by atoms with Gasteiger partial charge in [-0.05, 0) is 23.3 Å². The largest absolute Gasteiger partial charge is 0.502 e. The summed E-state index contributed by atoms with van der Waals surface area (Å²) in [5, 5.41) is 12.7. The number of benzene rings is 2. The van der Waals surface area contributed by atoms with Gasteiger partial charge in [-0.25, -0.2) is 0 Å².